The van der Waals surface area contributed by atoms with Crippen LogP contribution in [0.2, 0.25) is 0 Å². The summed E-state index contributed by atoms with van der Waals surface area (Å²) in [6, 6.07) is 1.79. The van der Waals surface area contributed by atoms with Crippen molar-refractivity contribution >= 4 is 0 Å². The predicted molar refractivity (Wildman–Crippen MR) is 80.6 cm³/mol. The fourth-order valence-electron chi connectivity index (χ4n) is 2.36. The smallest absolute Gasteiger partial charge is 0.183 e. The normalized spacial score (nSPS) is 10.7. The van der Waals surface area contributed by atoms with E-state index in [0.717, 1.165) is 17.9 Å². The molecule has 21 heavy (non-hydrogen) atoms. The minimum Gasteiger partial charge on any atom is -0.493 e. The Morgan fingerprint density at radius 3 is 2.52 bits per heavy atom. The van der Waals surface area contributed by atoms with Gasteiger partial charge in [-0.2, -0.15) is 5.10 Å². The van der Waals surface area contributed by atoms with E-state index in [1.54, 1.807) is 26.5 Å². The van der Waals surface area contributed by atoms with Crippen LogP contribution in [0.5, 0.6) is 11.5 Å². The number of aryl methyl sites for hydroxylation is 2. The highest BCUT2D eigenvalue weighted by Gasteiger charge is 2.12. The van der Waals surface area contributed by atoms with Crippen molar-refractivity contribution in [2.24, 2.45) is 7.05 Å². The van der Waals surface area contributed by atoms with Gasteiger partial charge in [-0.05, 0) is 13.8 Å². The highest BCUT2D eigenvalue weighted by Crippen LogP contribution is 2.28. The molecule has 6 nitrogen and oxygen atoms in total. The second-order valence-corrected chi connectivity index (χ2v) is 4.87. The van der Waals surface area contributed by atoms with Crippen molar-refractivity contribution in [2.75, 3.05) is 14.2 Å². The first-order valence-corrected chi connectivity index (χ1v) is 6.84. The molecule has 2 rings (SSSR count). The first kappa shape index (κ1) is 15.3. The summed E-state index contributed by atoms with van der Waals surface area (Å²) < 4.78 is 12.6. The van der Waals surface area contributed by atoms with Crippen molar-refractivity contribution in [3.63, 3.8) is 0 Å². The standard InChI is InChI=1S/C15H22N4O2/c1-10-12(11(2)19(3)18-10)8-16-9-13-15(21-5)14(20-4)6-7-17-13/h6-7,16H,8-9H2,1-5H3. The zero-order valence-corrected chi connectivity index (χ0v) is 13.2. The van der Waals surface area contributed by atoms with E-state index in [-0.39, 0.29) is 0 Å². The third-order valence-corrected chi connectivity index (χ3v) is 3.62. The summed E-state index contributed by atoms with van der Waals surface area (Å²) in [7, 11) is 5.20. The number of hydrogen-bond donors (Lipinski definition) is 1. The number of rotatable bonds is 6. The van der Waals surface area contributed by atoms with E-state index in [1.165, 1.54) is 11.3 Å². The number of pyridine rings is 1. The van der Waals surface area contributed by atoms with Gasteiger partial charge in [-0.15, -0.1) is 0 Å². The molecular formula is C15H22N4O2. The molecule has 0 saturated carbocycles. The topological polar surface area (TPSA) is 61.2 Å². The lowest BCUT2D eigenvalue weighted by Gasteiger charge is -2.12. The van der Waals surface area contributed by atoms with E-state index in [9.17, 15) is 0 Å². The lowest BCUT2D eigenvalue weighted by molar-refractivity contribution is 0.348. The Kier molecular flexibility index (Phi) is 4.80. The van der Waals surface area contributed by atoms with Gasteiger partial charge in [0.15, 0.2) is 11.5 Å². The Morgan fingerprint density at radius 2 is 1.95 bits per heavy atom. The molecular weight excluding hydrogens is 268 g/mol. The van der Waals surface area contributed by atoms with Gasteiger partial charge in [0.2, 0.25) is 0 Å². The molecule has 0 bridgehead atoms. The number of hydrogen-bond acceptors (Lipinski definition) is 5. The third kappa shape index (κ3) is 3.16. The van der Waals surface area contributed by atoms with Crippen LogP contribution in [0.1, 0.15) is 22.6 Å². The number of methoxy groups -OCH3 is 2. The van der Waals surface area contributed by atoms with Gasteiger partial charge in [-0.3, -0.25) is 9.67 Å². The zero-order chi connectivity index (χ0) is 15.4. The molecule has 2 heterocycles. The van der Waals surface area contributed by atoms with Crippen LogP contribution in [-0.2, 0) is 20.1 Å². The van der Waals surface area contributed by atoms with Crippen LogP contribution in [0.3, 0.4) is 0 Å². The molecule has 0 spiro atoms. The lowest BCUT2D eigenvalue weighted by atomic mass is 10.2. The molecule has 0 atom stereocenters. The molecule has 6 heteroatoms. The number of nitrogens with one attached hydrogen (secondary N) is 1. The van der Waals surface area contributed by atoms with Gasteiger partial charge in [-0.25, -0.2) is 0 Å². The molecule has 0 fully saturated rings. The minimum absolute atomic E-state index is 0.605. The van der Waals surface area contributed by atoms with Gasteiger partial charge in [-0.1, -0.05) is 0 Å². The maximum atomic E-state index is 5.38. The SMILES string of the molecule is COc1ccnc(CNCc2c(C)nn(C)c2C)c1OC. The molecule has 0 aromatic carbocycles. The first-order chi connectivity index (χ1) is 10.1. The van der Waals surface area contributed by atoms with Crippen molar-refractivity contribution in [1.82, 2.24) is 20.1 Å². The second kappa shape index (κ2) is 6.58. The Labute approximate surface area is 125 Å². The molecule has 0 amide bonds. The third-order valence-electron chi connectivity index (χ3n) is 3.62. The highest BCUT2D eigenvalue weighted by atomic mass is 16.5. The Hall–Kier alpha value is -2.08. The maximum absolute atomic E-state index is 5.38. The molecule has 0 unspecified atom stereocenters. The van der Waals surface area contributed by atoms with Gasteiger partial charge in [0, 0.05) is 43.7 Å². The quantitative estimate of drug-likeness (QED) is 0.878. The van der Waals surface area contributed by atoms with E-state index < -0.39 is 0 Å². The molecule has 0 saturated heterocycles. The van der Waals surface area contributed by atoms with Crippen molar-refractivity contribution in [3.8, 4) is 11.5 Å². The summed E-state index contributed by atoms with van der Waals surface area (Å²) in [6.45, 7) is 5.44. The van der Waals surface area contributed by atoms with E-state index in [4.69, 9.17) is 9.47 Å². The van der Waals surface area contributed by atoms with E-state index in [0.29, 0.717) is 18.0 Å². The summed E-state index contributed by atoms with van der Waals surface area (Å²) in [5.41, 5.74) is 4.27. The monoisotopic (exact) mass is 290 g/mol. The van der Waals surface area contributed by atoms with E-state index in [2.05, 4.69) is 22.3 Å². The number of ether oxygens (including phenoxy) is 2. The van der Waals surface area contributed by atoms with Crippen LogP contribution in [0.4, 0.5) is 0 Å². The summed E-state index contributed by atoms with van der Waals surface area (Å²) in [4.78, 5) is 4.35. The number of aromatic nitrogens is 3. The lowest BCUT2D eigenvalue weighted by Crippen LogP contribution is -2.15. The van der Waals surface area contributed by atoms with E-state index in [1.807, 2.05) is 18.7 Å². The van der Waals surface area contributed by atoms with Crippen LogP contribution < -0.4 is 14.8 Å². The minimum atomic E-state index is 0.605. The molecule has 2 aromatic rings. The summed E-state index contributed by atoms with van der Waals surface area (Å²) in [5.74, 6) is 1.37. The second-order valence-electron chi connectivity index (χ2n) is 4.87. The predicted octanol–water partition coefficient (Wildman–Crippen LogP) is 1.74. The van der Waals surface area contributed by atoms with Gasteiger partial charge < -0.3 is 14.8 Å². The van der Waals surface area contributed by atoms with Crippen molar-refractivity contribution in [1.29, 1.82) is 0 Å². The van der Waals surface area contributed by atoms with Crippen LogP contribution in [0, 0.1) is 13.8 Å². The highest BCUT2D eigenvalue weighted by molar-refractivity contribution is 5.42. The average Bonchev–Trinajstić information content (AvgIpc) is 2.73. The Morgan fingerprint density at radius 1 is 1.19 bits per heavy atom. The zero-order valence-electron chi connectivity index (χ0n) is 13.2. The first-order valence-electron chi connectivity index (χ1n) is 6.84. The summed E-state index contributed by atoms with van der Waals surface area (Å²) in [6.07, 6.45) is 1.72. The molecule has 0 aliphatic heterocycles. The average molecular weight is 290 g/mol. The summed E-state index contributed by atoms with van der Waals surface area (Å²) >= 11 is 0. The maximum Gasteiger partial charge on any atom is 0.183 e. The number of nitrogens with zero attached hydrogens (tertiary/aromatic N) is 3. The Balaban J connectivity index is 2.07. The van der Waals surface area contributed by atoms with Crippen molar-refractivity contribution < 1.29 is 9.47 Å². The largest absolute Gasteiger partial charge is 0.493 e. The van der Waals surface area contributed by atoms with Gasteiger partial charge in [0.1, 0.15) is 0 Å². The van der Waals surface area contributed by atoms with Gasteiger partial charge in [0.25, 0.3) is 0 Å². The molecule has 114 valence electrons. The van der Waals surface area contributed by atoms with Crippen LogP contribution in [0.25, 0.3) is 0 Å². The fourth-order valence-corrected chi connectivity index (χ4v) is 2.36. The van der Waals surface area contributed by atoms with Crippen LogP contribution in [-0.4, -0.2) is 29.0 Å². The van der Waals surface area contributed by atoms with Crippen molar-refractivity contribution in [2.45, 2.75) is 26.9 Å². The molecule has 0 radical (unpaired) electrons. The Bertz CT molecular complexity index is 622. The molecule has 0 aliphatic carbocycles. The van der Waals surface area contributed by atoms with E-state index >= 15 is 0 Å². The molecule has 0 aliphatic rings. The van der Waals surface area contributed by atoms with Gasteiger partial charge >= 0.3 is 0 Å². The van der Waals surface area contributed by atoms with Crippen molar-refractivity contribution in [3.05, 3.63) is 34.9 Å². The van der Waals surface area contributed by atoms with Crippen LogP contribution >= 0.6 is 0 Å². The summed E-state index contributed by atoms with van der Waals surface area (Å²) in [5, 5.41) is 7.80. The molecule has 2 aromatic heterocycles. The fraction of sp³-hybridized carbons (Fsp3) is 0.467. The molecule has 1 N–H and O–H groups in total. The van der Waals surface area contributed by atoms with Gasteiger partial charge in [0.05, 0.1) is 25.6 Å². The van der Waals surface area contributed by atoms with Crippen LogP contribution in [0.15, 0.2) is 12.3 Å².